The molecule has 0 bridgehead atoms. The molecule has 32 heavy (non-hydrogen) atoms. The summed E-state index contributed by atoms with van der Waals surface area (Å²) in [7, 11) is 4.94. The number of carbonyl (C=O) groups is 1. The number of pyridine rings is 1. The van der Waals surface area contributed by atoms with Gasteiger partial charge in [0.05, 0.1) is 17.4 Å². The second-order valence-corrected chi connectivity index (χ2v) is 9.06. The molecule has 3 N–H and O–H groups in total. The van der Waals surface area contributed by atoms with Crippen LogP contribution in [0.5, 0.6) is 5.75 Å². The van der Waals surface area contributed by atoms with Crippen molar-refractivity contribution in [1.29, 1.82) is 0 Å². The van der Waals surface area contributed by atoms with Crippen LogP contribution in [0.2, 0.25) is 0 Å². The van der Waals surface area contributed by atoms with Crippen LogP contribution in [0.25, 0.3) is 0 Å². The van der Waals surface area contributed by atoms with Gasteiger partial charge in [0.15, 0.2) is 11.4 Å². The summed E-state index contributed by atoms with van der Waals surface area (Å²) >= 11 is 0. The molecule has 3 aromatic rings. The molecule has 1 unspecified atom stereocenters. The highest BCUT2D eigenvalue weighted by Gasteiger charge is 2.39. The molecule has 0 radical (unpaired) electrons. The van der Waals surface area contributed by atoms with Crippen LogP contribution in [-0.2, 0) is 13.5 Å². The zero-order valence-corrected chi connectivity index (χ0v) is 18.7. The first-order chi connectivity index (χ1) is 15.0. The Kier molecular flexibility index (Phi) is 5.03. The van der Waals surface area contributed by atoms with Crippen LogP contribution >= 0.6 is 0 Å². The molecule has 0 fully saturated rings. The smallest absolute Gasteiger partial charge is 0.275 e. The second-order valence-electron chi connectivity index (χ2n) is 9.06. The number of hydrogen-bond donors (Lipinski definition) is 3. The molecule has 168 valence electrons. The van der Waals surface area contributed by atoms with E-state index in [4.69, 9.17) is 0 Å². The number of nitrogens with one attached hydrogen (secondary N) is 2. The average Bonchev–Trinajstić information content (AvgIpc) is 3.12. The Morgan fingerprint density at radius 3 is 2.62 bits per heavy atom. The first-order valence-electron chi connectivity index (χ1n) is 10.3. The quantitative estimate of drug-likeness (QED) is 0.513. The molecule has 1 atom stereocenters. The van der Waals surface area contributed by atoms with Crippen molar-refractivity contribution in [3.8, 4) is 5.75 Å². The van der Waals surface area contributed by atoms with Crippen molar-refractivity contribution in [3.63, 3.8) is 0 Å². The minimum Gasteiger partial charge on any atom is -0.504 e. The molecule has 0 aliphatic heterocycles. The number of aryl methyl sites for hydroxylation is 2. The predicted molar refractivity (Wildman–Crippen MR) is 120 cm³/mol. The highest BCUT2D eigenvalue weighted by atomic mass is 16.3. The van der Waals surface area contributed by atoms with E-state index in [1.165, 1.54) is 17.2 Å². The van der Waals surface area contributed by atoms with Gasteiger partial charge >= 0.3 is 0 Å². The lowest BCUT2D eigenvalue weighted by Gasteiger charge is -2.39. The SMILES string of the molecule is CN(C)C(=O)c1nccc(Nc2c(NC3c4cn(C)nc4CCC3(C)C)c(=O)c2=O)c1O. The second kappa shape index (κ2) is 7.47. The molecule has 1 aliphatic rings. The summed E-state index contributed by atoms with van der Waals surface area (Å²) in [4.78, 5) is 42.3. The summed E-state index contributed by atoms with van der Waals surface area (Å²) in [5, 5.41) is 21.1. The molecule has 10 heteroatoms. The van der Waals surface area contributed by atoms with Gasteiger partial charge < -0.3 is 20.6 Å². The largest absolute Gasteiger partial charge is 0.504 e. The average molecular weight is 438 g/mol. The molecule has 1 aliphatic carbocycles. The van der Waals surface area contributed by atoms with Crippen LogP contribution in [0.4, 0.5) is 17.1 Å². The zero-order chi connectivity index (χ0) is 23.4. The van der Waals surface area contributed by atoms with Gasteiger partial charge in [-0.25, -0.2) is 4.98 Å². The number of anilines is 3. The minimum absolute atomic E-state index is 0.0477. The molecule has 2 heterocycles. The number of nitrogens with zero attached hydrogens (tertiary/aromatic N) is 4. The molecule has 2 aromatic heterocycles. The highest BCUT2D eigenvalue weighted by molar-refractivity contribution is 5.97. The van der Waals surface area contributed by atoms with Crippen molar-refractivity contribution in [1.82, 2.24) is 19.7 Å². The Hall–Kier alpha value is -3.69. The standard InChI is InChI=1S/C22H26N6O4/c1-22(2)8-6-12-11(10-28(5)26-12)20(22)25-15-14(18(30)19(15)31)24-13-7-9-23-16(17(13)29)21(32)27(3)4/h7,9-10,20,25,29H,6,8H2,1-5H3,(H,23,24). The molecule has 1 aromatic carbocycles. The summed E-state index contributed by atoms with van der Waals surface area (Å²) in [6.45, 7) is 4.21. The van der Waals surface area contributed by atoms with Crippen molar-refractivity contribution >= 4 is 23.0 Å². The molecule has 0 saturated carbocycles. The Morgan fingerprint density at radius 2 is 1.94 bits per heavy atom. The maximum absolute atomic E-state index is 12.4. The van der Waals surface area contributed by atoms with E-state index < -0.39 is 22.5 Å². The monoisotopic (exact) mass is 438 g/mol. The molecule has 0 saturated heterocycles. The van der Waals surface area contributed by atoms with E-state index in [1.807, 2.05) is 13.2 Å². The molecule has 4 rings (SSSR count). The third-order valence-corrected chi connectivity index (χ3v) is 6.03. The maximum Gasteiger partial charge on any atom is 0.275 e. The van der Waals surface area contributed by atoms with Gasteiger partial charge in [0.1, 0.15) is 11.4 Å². The Morgan fingerprint density at radius 1 is 1.25 bits per heavy atom. The van der Waals surface area contributed by atoms with E-state index in [2.05, 4.69) is 34.6 Å². The van der Waals surface area contributed by atoms with Crippen molar-refractivity contribution in [2.24, 2.45) is 12.5 Å². The Bertz CT molecular complexity index is 1280. The van der Waals surface area contributed by atoms with Crippen molar-refractivity contribution < 1.29 is 9.90 Å². The topological polar surface area (TPSA) is 129 Å². The Balaban J connectivity index is 1.68. The number of fused-ring (bicyclic) bond motifs is 1. The number of amides is 1. The number of aromatic hydroxyl groups is 1. The van der Waals surface area contributed by atoms with Crippen LogP contribution in [0, 0.1) is 5.41 Å². The van der Waals surface area contributed by atoms with Gasteiger partial charge in [-0.2, -0.15) is 5.10 Å². The van der Waals surface area contributed by atoms with E-state index in [0.29, 0.717) is 0 Å². The number of aromatic nitrogens is 3. The highest BCUT2D eigenvalue weighted by Crippen LogP contribution is 2.45. The zero-order valence-electron chi connectivity index (χ0n) is 18.7. The summed E-state index contributed by atoms with van der Waals surface area (Å²) in [5.74, 6) is -0.875. The van der Waals surface area contributed by atoms with E-state index in [-0.39, 0.29) is 34.2 Å². The van der Waals surface area contributed by atoms with Gasteiger partial charge in [-0.15, -0.1) is 0 Å². The first-order valence-corrected chi connectivity index (χ1v) is 10.3. The molecular weight excluding hydrogens is 412 g/mol. The third kappa shape index (κ3) is 3.41. The van der Waals surface area contributed by atoms with Gasteiger partial charge in [0.25, 0.3) is 16.8 Å². The van der Waals surface area contributed by atoms with Gasteiger partial charge in [-0.05, 0) is 24.3 Å². The van der Waals surface area contributed by atoms with Gasteiger partial charge in [0.2, 0.25) is 0 Å². The van der Waals surface area contributed by atoms with E-state index >= 15 is 0 Å². The van der Waals surface area contributed by atoms with Crippen LogP contribution in [0.15, 0.2) is 28.0 Å². The molecule has 10 nitrogen and oxygen atoms in total. The Labute approximate surface area is 184 Å². The predicted octanol–water partition coefficient (Wildman–Crippen LogP) is 1.69. The summed E-state index contributed by atoms with van der Waals surface area (Å²) in [5.41, 5.74) is 0.628. The fourth-order valence-electron chi connectivity index (χ4n) is 4.12. The summed E-state index contributed by atoms with van der Waals surface area (Å²) in [6, 6.07) is 1.22. The van der Waals surface area contributed by atoms with E-state index in [9.17, 15) is 19.5 Å². The van der Waals surface area contributed by atoms with Gasteiger partial charge in [-0.3, -0.25) is 19.1 Å². The van der Waals surface area contributed by atoms with Crippen LogP contribution in [0.3, 0.4) is 0 Å². The van der Waals surface area contributed by atoms with E-state index in [1.54, 1.807) is 18.8 Å². The third-order valence-electron chi connectivity index (χ3n) is 6.03. The fourth-order valence-corrected chi connectivity index (χ4v) is 4.12. The lowest BCUT2D eigenvalue weighted by molar-refractivity contribution is 0.0819. The lowest BCUT2D eigenvalue weighted by atomic mass is 9.72. The van der Waals surface area contributed by atoms with Crippen molar-refractivity contribution in [2.75, 3.05) is 24.7 Å². The van der Waals surface area contributed by atoms with Crippen LogP contribution < -0.4 is 21.5 Å². The fraction of sp³-hybridized carbons (Fsp3) is 0.409. The lowest BCUT2D eigenvalue weighted by Crippen LogP contribution is -2.41. The van der Waals surface area contributed by atoms with E-state index in [0.717, 1.165) is 24.1 Å². The van der Waals surface area contributed by atoms with Gasteiger partial charge in [-0.1, -0.05) is 13.8 Å². The normalized spacial score (nSPS) is 17.1. The number of carbonyl (C=O) groups excluding carboxylic acids is 1. The van der Waals surface area contributed by atoms with Crippen molar-refractivity contribution in [2.45, 2.75) is 32.7 Å². The minimum atomic E-state index is -0.691. The number of rotatable bonds is 5. The van der Waals surface area contributed by atoms with Crippen molar-refractivity contribution in [3.05, 3.63) is 55.9 Å². The molecule has 1 amide bonds. The van der Waals surface area contributed by atoms with Crippen LogP contribution in [0.1, 0.15) is 48.1 Å². The maximum atomic E-state index is 12.4. The summed E-state index contributed by atoms with van der Waals surface area (Å²) < 4.78 is 1.75. The first kappa shape index (κ1) is 21.5. The number of hydrogen-bond acceptors (Lipinski definition) is 8. The van der Waals surface area contributed by atoms with Gasteiger partial charge in [0, 0.05) is 39.1 Å². The van der Waals surface area contributed by atoms with Crippen LogP contribution in [-0.4, -0.2) is 44.8 Å². The molecule has 0 spiro atoms. The molecular formula is C22H26N6O4. The summed E-state index contributed by atoms with van der Waals surface area (Å²) in [6.07, 6.45) is 4.99.